The van der Waals surface area contributed by atoms with E-state index < -0.39 is 12.2 Å². The van der Waals surface area contributed by atoms with Gasteiger partial charge < -0.3 is 15.0 Å². The first-order valence-corrected chi connectivity index (χ1v) is 11.6. The molecule has 0 spiro atoms. The molecular formula is C24H26ClFN4O4. The fraction of sp³-hybridized carbons (Fsp3) is 0.375. The molecule has 2 aliphatic heterocycles. The number of carbonyl (C=O) groups excluding carboxylic acids is 2. The molecule has 34 heavy (non-hydrogen) atoms. The summed E-state index contributed by atoms with van der Waals surface area (Å²) < 4.78 is 18.5. The maximum Gasteiger partial charge on any atom is 0.267 e. The molecule has 2 N–H and O–H groups in total. The van der Waals surface area contributed by atoms with Gasteiger partial charge in [-0.05, 0) is 61.2 Å². The van der Waals surface area contributed by atoms with Crippen molar-refractivity contribution < 1.29 is 23.6 Å². The van der Waals surface area contributed by atoms with Gasteiger partial charge in [0.25, 0.3) is 11.8 Å². The average Bonchev–Trinajstić information content (AvgIpc) is 3.32. The number of likely N-dealkylation sites (tertiary alicyclic amines) is 1. The number of anilines is 1. The average molecular weight is 489 g/mol. The highest BCUT2D eigenvalue weighted by Gasteiger charge is 2.27. The first kappa shape index (κ1) is 24.1. The number of halogens is 2. The maximum absolute atomic E-state index is 13.1. The van der Waals surface area contributed by atoms with Crippen LogP contribution in [0, 0.1) is 5.82 Å². The third-order valence-corrected chi connectivity index (χ3v) is 5.91. The van der Waals surface area contributed by atoms with Crippen molar-refractivity contribution in [1.82, 2.24) is 15.4 Å². The minimum atomic E-state index is -0.413. The summed E-state index contributed by atoms with van der Waals surface area (Å²) in [6, 6.07) is 7.21. The highest BCUT2D eigenvalue weighted by molar-refractivity contribution is 6.33. The largest absolute Gasteiger partial charge is 0.364 e. The van der Waals surface area contributed by atoms with E-state index in [1.54, 1.807) is 23.2 Å². The molecule has 1 aromatic carbocycles. The van der Waals surface area contributed by atoms with E-state index in [-0.39, 0.29) is 17.8 Å². The summed E-state index contributed by atoms with van der Waals surface area (Å²) in [6.07, 6.45) is 7.59. The summed E-state index contributed by atoms with van der Waals surface area (Å²) in [5.41, 5.74) is 3.46. The van der Waals surface area contributed by atoms with Crippen LogP contribution in [0.25, 0.3) is 6.08 Å². The van der Waals surface area contributed by atoms with E-state index in [2.05, 4.69) is 15.8 Å². The Morgan fingerprint density at radius 2 is 2.06 bits per heavy atom. The Morgan fingerprint density at radius 3 is 2.79 bits per heavy atom. The highest BCUT2D eigenvalue weighted by Crippen LogP contribution is 2.24. The number of pyridine rings is 1. The molecule has 180 valence electrons. The van der Waals surface area contributed by atoms with E-state index >= 15 is 0 Å². The molecule has 10 heteroatoms. The van der Waals surface area contributed by atoms with Gasteiger partial charge in [0, 0.05) is 50.0 Å². The lowest BCUT2D eigenvalue weighted by Crippen LogP contribution is -2.32. The predicted octanol–water partition coefficient (Wildman–Crippen LogP) is 3.79. The lowest BCUT2D eigenvalue weighted by atomic mass is 10.2. The van der Waals surface area contributed by atoms with Crippen LogP contribution in [-0.2, 0) is 14.4 Å². The summed E-state index contributed by atoms with van der Waals surface area (Å²) in [4.78, 5) is 35.9. The maximum atomic E-state index is 13.1. The molecule has 0 bridgehead atoms. The number of carbonyl (C=O) groups is 2. The van der Waals surface area contributed by atoms with Gasteiger partial charge in [-0.25, -0.2) is 19.7 Å². The first-order chi connectivity index (χ1) is 16.5. The van der Waals surface area contributed by atoms with Gasteiger partial charge in [0.1, 0.15) is 11.6 Å². The van der Waals surface area contributed by atoms with Crippen LogP contribution in [-0.4, -0.2) is 53.7 Å². The van der Waals surface area contributed by atoms with E-state index in [0.717, 1.165) is 25.7 Å². The molecule has 3 heterocycles. The van der Waals surface area contributed by atoms with E-state index in [1.807, 2.05) is 0 Å². The second-order valence-corrected chi connectivity index (χ2v) is 8.61. The number of nitrogens with one attached hydrogen (secondary N) is 2. The van der Waals surface area contributed by atoms with Crippen molar-refractivity contribution in [1.29, 1.82) is 0 Å². The Kier molecular flexibility index (Phi) is 8.10. The Bertz CT molecular complexity index is 1040. The number of hydrogen-bond donors (Lipinski definition) is 2. The molecule has 2 amide bonds. The van der Waals surface area contributed by atoms with Gasteiger partial charge in [0.05, 0.1) is 5.02 Å². The molecule has 1 unspecified atom stereocenters. The molecule has 2 aliphatic rings. The standard InChI is InChI=1S/C24H26ClFN4O4/c25-20-13-16(4-9-21(31)29-34-22-3-1-2-12-33-22)14-27-23(20)28-19-10-11-30(15-19)24(32)17-5-7-18(26)8-6-17/h4-9,13-14,19,22H,1-3,10-12,15H2,(H,27,28)(H,29,31)/t19-,22?/m1/s1. The molecule has 0 saturated carbocycles. The van der Waals surface area contributed by atoms with Crippen LogP contribution in [0.4, 0.5) is 10.2 Å². The number of hydroxylamine groups is 1. The van der Waals surface area contributed by atoms with Crippen LogP contribution in [0.2, 0.25) is 5.02 Å². The number of nitrogens with zero attached hydrogens (tertiary/aromatic N) is 2. The molecule has 1 aromatic heterocycles. The number of rotatable bonds is 7. The molecule has 0 aliphatic carbocycles. The molecule has 2 saturated heterocycles. The first-order valence-electron chi connectivity index (χ1n) is 11.2. The molecule has 8 nitrogen and oxygen atoms in total. The van der Waals surface area contributed by atoms with Crippen LogP contribution in [0.5, 0.6) is 0 Å². The lowest BCUT2D eigenvalue weighted by molar-refractivity contribution is -0.198. The molecule has 4 rings (SSSR count). The monoisotopic (exact) mass is 488 g/mol. The number of ether oxygens (including phenoxy) is 1. The molecule has 2 aromatic rings. The van der Waals surface area contributed by atoms with Gasteiger partial charge in [-0.1, -0.05) is 11.6 Å². The Morgan fingerprint density at radius 1 is 1.24 bits per heavy atom. The lowest BCUT2D eigenvalue weighted by Gasteiger charge is -2.21. The van der Waals surface area contributed by atoms with Crippen molar-refractivity contribution in [2.75, 3.05) is 25.0 Å². The van der Waals surface area contributed by atoms with Crippen molar-refractivity contribution in [3.8, 4) is 0 Å². The van der Waals surface area contributed by atoms with Crippen molar-refractivity contribution in [2.45, 2.75) is 38.0 Å². The molecule has 0 radical (unpaired) electrons. The molecule has 2 fully saturated rings. The summed E-state index contributed by atoms with van der Waals surface area (Å²) in [6.45, 7) is 1.69. The van der Waals surface area contributed by atoms with E-state index in [4.69, 9.17) is 21.2 Å². The summed E-state index contributed by atoms with van der Waals surface area (Å²) in [7, 11) is 0. The summed E-state index contributed by atoms with van der Waals surface area (Å²) >= 11 is 6.38. The van der Waals surface area contributed by atoms with Gasteiger partial charge in [0.15, 0.2) is 6.29 Å². The zero-order valence-corrected chi connectivity index (χ0v) is 19.3. The SMILES string of the molecule is O=C(C=Cc1cnc(N[C@@H]2CCN(C(=O)c3ccc(F)cc3)C2)c(Cl)c1)NOC1CCCCO1. The Hall–Kier alpha value is -3.01. The third kappa shape index (κ3) is 6.53. The number of aromatic nitrogens is 1. The number of amides is 2. The van der Waals surface area contributed by atoms with Crippen LogP contribution in [0.3, 0.4) is 0 Å². The topological polar surface area (TPSA) is 92.8 Å². The second kappa shape index (κ2) is 11.4. The van der Waals surface area contributed by atoms with Crippen molar-refractivity contribution in [3.63, 3.8) is 0 Å². The minimum absolute atomic E-state index is 0.0132. The summed E-state index contributed by atoms with van der Waals surface area (Å²) in [5, 5.41) is 3.67. The van der Waals surface area contributed by atoms with E-state index in [1.165, 1.54) is 30.3 Å². The van der Waals surface area contributed by atoms with Crippen LogP contribution in [0.1, 0.15) is 41.6 Å². The van der Waals surface area contributed by atoms with Gasteiger partial charge in [-0.3, -0.25) is 9.59 Å². The minimum Gasteiger partial charge on any atom is -0.364 e. The van der Waals surface area contributed by atoms with Crippen molar-refractivity contribution in [3.05, 3.63) is 64.6 Å². The number of benzene rings is 1. The third-order valence-electron chi connectivity index (χ3n) is 5.63. The quantitative estimate of drug-likeness (QED) is 0.455. The zero-order chi connectivity index (χ0) is 23.9. The van der Waals surface area contributed by atoms with Gasteiger partial charge in [-0.2, -0.15) is 0 Å². The normalized spacial score (nSPS) is 20.5. The van der Waals surface area contributed by atoms with Crippen LogP contribution >= 0.6 is 11.6 Å². The van der Waals surface area contributed by atoms with E-state index in [0.29, 0.717) is 41.7 Å². The highest BCUT2D eigenvalue weighted by atomic mass is 35.5. The van der Waals surface area contributed by atoms with Crippen molar-refractivity contribution >= 4 is 35.3 Å². The summed E-state index contributed by atoms with van der Waals surface area (Å²) in [5.74, 6) is -0.424. The second-order valence-electron chi connectivity index (χ2n) is 8.20. The molecule has 2 atom stereocenters. The fourth-order valence-corrected chi connectivity index (χ4v) is 4.04. The van der Waals surface area contributed by atoms with Crippen molar-refractivity contribution in [2.24, 2.45) is 0 Å². The van der Waals surface area contributed by atoms with Gasteiger partial charge in [0.2, 0.25) is 0 Å². The Balaban J connectivity index is 1.26. The van der Waals surface area contributed by atoms with E-state index in [9.17, 15) is 14.0 Å². The van der Waals surface area contributed by atoms with Crippen LogP contribution < -0.4 is 10.8 Å². The van der Waals surface area contributed by atoms with Gasteiger partial charge in [-0.15, -0.1) is 0 Å². The van der Waals surface area contributed by atoms with Gasteiger partial charge >= 0.3 is 0 Å². The number of hydrogen-bond acceptors (Lipinski definition) is 6. The fourth-order valence-electron chi connectivity index (χ4n) is 3.81. The van der Waals surface area contributed by atoms with Crippen LogP contribution in [0.15, 0.2) is 42.6 Å². The zero-order valence-electron chi connectivity index (χ0n) is 18.5. The predicted molar refractivity (Wildman–Crippen MR) is 125 cm³/mol. The molecular weight excluding hydrogens is 463 g/mol. The Labute approximate surface area is 202 Å². The smallest absolute Gasteiger partial charge is 0.267 e.